The van der Waals surface area contributed by atoms with Crippen LogP contribution < -0.4 is 10.6 Å². The third-order valence-electron chi connectivity index (χ3n) is 2.98. The minimum Gasteiger partial charge on any atom is -0.349 e. The van der Waals surface area contributed by atoms with Crippen LogP contribution in [0.3, 0.4) is 0 Å². The van der Waals surface area contributed by atoms with Crippen LogP contribution in [0.15, 0.2) is 23.6 Å². The second-order valence-corrected chi connectivity index (χ2v) is 6.88. The van der Waals surface area contributed by atoms with Gasteiger partial charge in [0.2, 0.25) is 0 Å². The molecule has 0 aliphatic carbocycles. The molecule has 0 aliphatic heterocycles. The maximum atomic E-state index is 12.2. The molecule has 1 aromatic heterocycles. The largest absolute Gasteiger partial charge is 0.349 e. The van der Waals surface area contributed by atoms with Crippen LogP contribution in [0, 0.1) is 0 Å². The van der Waals surface area contributed by atoms with Crippen molar-refractivity contribution in [1.29, 1.82) is 0 Å². The standard InChI is InChI=1S/C15H16Cl2N4O2S/c1-21(2)6-5-18-14(23)12-8-24-15(19-12)20-13(22)10-4-3-9(16)7-11(10)17/h3-4,7-8H,5-6H2,1-2H3,(H,18,23)(H,19,20,22). The minimum absolute atomic E-state index is 0.248. The molecule has 2 amide bonds. The Morgan fingerprint density at radius 2 is 2.00 bits per heavy atom. The van der Waals surface area contributed by atoms with Gasteiger partial charge in [0.25, 0.3) is 11.8 Å². The van der Waals surface area contributed by atoms with Gasteiger partial charge in [0, 0.05) is 23.5 Å². The second kappa shape index (κ2) is 8.43. The van der Waals surface area contributed by atoms with E-state index in [1.165, 1.54) is 23.5 Å². The highest BCUT2D eigenvalue weighted by atomic mass is 35.5. The molecule has 128 valence electrons. The number of nitrogens with zero attached hydrogens (tertiary/aromatic N) is 2. The predicted molar refractivity (Wildman–Crippen MR) is 97.4 cm³/mol. The Morgan fingerprint density at radius 1 is 1.25 bits per heavy atom. The summed E-state index contributed by atoms with van der Waals surface area (Å²) < 4.78 is 0. The first kappa shape index (κ1) is 18.7. The van der Waals surface area contributed by atoms with Crippen molar-refractivity contribution in [1.82, 2.24) is 15.2 Å². The summed E-state index contributed by atoms with van der Waals surface area (Å²) in [5, 5.41) is 7.99. The summed E-state index contributed by atoms with van der Waals surface area (Å²) in [6, 6.07) is 4.60. The van der Waals surface area contributed by atoms with Crippen LogP contribution in [0.1, 0.15) is 20.8 Å². The SMILES string of the molecule is CN(C)CCNC(=O)c1csc(NC(=O)c2ccc(Cl)cc2Cl)n1. The molecular weight excluding hydrogens is 371 g/mol. The Balaban J connectivity index is 1.98. The Hall–Kier alpha value is -1.67. The molecule has 0 spiro atoms. The lowest BCUT2D eigenvalue weighted by Gasteiger charge is -2.09. The summed E-state index contributed by atoms with van der Waals surface area (Å²) in [6.45, 7) is 1.25. The van der Waals surface area contributed by atoms with Gasteiger partial charge in [-0.05, 0) is 32.3 Å². The zero-order valence-corrected chi connectivity index (χ0v) is 15.4. The number of hydrogen-bond acceptors (Lipinski definition) is 5. The molecule has 6 nitrogen and oxygen atoms in total. The number of halogens is 2. The van der Waals surface area contributed by atoms with Gasteiger partial charge in [-0.15, -0.1) is 11.3 Å². The van der Waals surface area contributed by atoms with Gasteiger partial charge in [0.15, 0.2) is 5.13 Å². The fourth-order valence-electron chi connectivity index (χ4n) is 1.76. The van der Waals surface area contributed by atoms with E-state index in [0.29, 0.717) is 16.7 Å². The van der Waals surface area contributed by atoms with Gasteiger partial charge < -0.3 is 10.2 Å². The van der Waals surface area contributed by atoms with E-state index in [-0.39, 0.29) is 22.2 Å². The van der Waals surface area contributed by atoms with E-state index in [9.17, 15) is 9.59 Å². The first-order valence-electron chi connectivity index (χ1n) is 7.01. The van der Waals surface area contributed by atoms with Gasteiger partial charge in [0.1, 0.15) is 5.69 Å². The van der Waals surface area contributed by atoms with Crippen LogP contribution >= 0.6 is 34.5 Å². The molecule has 0 atom stereocenters. The number of carbonyl (C=O) groups excluding carboxylic acids is 2. The quantitative estimate of drug-likeness (QED) is 0.799. The lowest BCUT2D eigenvalue weighted by Crippen LogP contribution is -2.31. The molecule has 0 bridgehead atoms. The normalized spacial score (nSPS) is 10.7. The molecule has 2 rings (SSSR count). The molecule has 0 saturated carbocycles. The molecular formula is C15H16Cl2N4O2S. The first-order chi connectivity index (χ1) is 11.4. The van der Waals surface area contributed by atoms with Crippen LogP contribution in [0.25, 0.3) is 0 Å². The number of rotatable bonds is 6. The fourth-order valence-corrected chi connectivity index (χ4v) is 2.94. The number of anilines is 1. The molecule has 0 aliphatic rings. The van der Waals surface area contributed by atoms with Crippen molar-refractivity contribution in [3.8, 4) is 0 Å². The van der Waals surface area contributed by atoms with Crippen molar-refractivity contribution in [3.05, 3.63) is 44.9 Å². The van der Waals surface area contributed by atoms with Crippen LogP contribution in [0.2, 0.25) is 10.0 Å². The van der Waals surface area contributed by atoms with Gasteiger partial charge in [-0.3, -0.25) is 14.9 Å². The number of aromatic nitrogens is 1. The molecule has 1 aromatic carbocycles. The van der Waals surface area contributed by atoms with E-state index in [1.54, 1.807) is 11.4 Å². The predicted octanol–water partition coefficient (Wildman–Crippen LogP) is 2.99. The molecule has 0 fully saturated rings. The van der Waals surface area contributed by atoms with E-state index >= 15 is 0 Å². The maximum absolute atomic E-state index is 12.2. The minimum atomic E-state index is -0.411. The van der Waals surface area contributed by atoms with Crippen LogP contribution in [-0.2, 0) is 0 Å². The van der Waals surface area contributed by atoms with Gasteiger partial charge in [-0.1, -0.05) is 23.2 Å². The summed E-state index contributed by atoms with van der Waals surface area (Å²) >= 11 is 13.0. The van der Waals surface area contributed by atoms with Gasteiger partial charge in [0.05, 0.1) is 10.6 Å². The molecule has 2 N–H and O–H groups in total. The number of likely N-dealkylation sites (N-methyl/N-ethyl adjacent to an activating group) is 1. The van der Waals surface area contributed by atoms with Crippen LogP contribution in [0.4, 0.5) is 5.13 Å². The van der Waals surface area contributed by atoms with Crippen LogP contribution in [0.5, 0.6) is 0 Å². The zero-order chi connectivity index (χ0) is 17.7. The van der Waals surface area contributed by atoms with E-state index in [1.807, 2.05) is 19.0 Å². The molecule has 0 saturated heterocycles. The highest BCUT2D eigenvalue weighted by Gasteiger charge is 2.15. The van der Waals surface area contributed by atoms with E-state index < -0.39 is 5.91 Å². The van der Waals surface area contributed by atoms with Crippen molar-refractivity contribution in [2.75, 3.05) is 32.5 Å². The summed E-state index contributed by atoms with van der Waals surface area (Å²) in [6.07, 6.45) is 0. The lowest BCUT2D eigenvalue weighted by atomic mass is 10.2. The topological polar surface area (TPSA) is 74.3 Å². The van der Waals surface area contributed by atoms with E-state index in [0.717, 1.165) is 6.54 Å². The Bertz CT molecular complexity index is 749. The Morgan fingerprint density at radius 3 is 2.67 bits per heavy atom. The lowest BCUT2D eigenvalue weighted by molar-refractivity contribution is 0.0945. The van der Waals surface area contributed by atoms with Crippen molar-refractivity contribution in [2.24, 2.45) is 0 Å². The summed E-state index contributed by atoms with van der Waals surface area (Å²) in [4.78, 5) is 30.2. The molecule has 1 heterocycles. The number of amides is 2. The summed E-state index contributed by atoms with van der Waals surface area (Å²) in [5.41, 5.74) is 0.546. The number of nitrogens with one attached hydrogen (secondary N) is 2. The molecule has 0 radical (unpaired) electrons. The summed E-state index contributed by atoms with van der Waals surface area (Å²) in [7, 11) is 3.84. The average molecular weight is 387 g/mol. The first-order valence-corrected chi connectivity index (χ1v) is 8.65. The van der Waals surface area contributed by atoms with Crippen molar-refractivity contribution in [2.45, 2.75) is 0 Å². The fraction of sp³-hybridized carbons (Fsp3) is 0.267. The third kappa shape index (κ3) is 5.17. The van der Waals surface area contributed by atoms with Crippen molar-refractivity contribution < 1.29 is 9.59 Å². The van der Waals surface area contributed by atoms with E-state index in [4.69, 9.17) is 23.2 Å². The monoisotopic (exact) mass is 386 g/mol. The Kier molecular flexibility index (Phi) is 6.56. The Labute approximate surface area is 153 Å². The highest BCUT2D eigenvalue weighted by molar-refractivity contribution is 7.14. The van der Waals surface area contributed by atoms with E-state index in [2.05, 4.69) is 15.6 Å². The highest BCUT2D eigenvalue weighted by Crippen LogP contribution is 2.23. The number of benzene rings is 1. The smallest absolute Gasteiger partial charge is 0.270 e. The van der Waals surface area contributed by atoms with Crippen molar-refractivity contribution in [3.63, 3.8) is 0 Å². The maximum Gasteiger partial charge on any atom is 0.270 e. The van der Waals surface area contributed by atoms with Gasteiger partial charge in [-0.2, -0.15) is 0 Å². The van der Waals surface area contributed by atoms with Gasteiger partial charge >= 0.3 is 0 Å². The van der Waals surface area contributed by atoms with Crippen molar-refractivity contribution >= 4 is 51.5 Å². The zero-order valence-electron chi connectivity index (χ0n) is 13.1. The van der Waals surface area contributed by atoms with Gasteiger partial charge in [-0.25, -0.2) is 4.98 Å². The molecule has 2 aromatic rings. The average Bonchev–Trinajstić information content (AvgIpc) is 2.95. The molecule has 0 unspecified atom stereocenters. The molecule has 24 heavy (non-hydrogen) atoms. The third-order valence-corrected chi connectivity index (χ3v) is 4.28. The molecule has 9 heteroatoms. The number of hydrogen-bond donors (Lipinski definition) is 2. The number of carbonyl (C=O) groups is 2. The second-order valence-electron chi connectivity index (χ2n) is 5.18. The number of thiazole rings is 1. The summed E-state index contributed by atoms with van der Waals surface area (Å²) in [5.74, 6) is -0.691. The van der Waals surface area contributed by atoms with Crippen LogP contribution in [-0.4, -0.2) is 48.9 Å².